The van der Waals surface area contributed by atoms with Crippen LogP contribution in [0, 0.1) is 12.3 Å². The van der Waals surface area contributed by atoms with E-state index in [0.717, 1.165) is 32.4 Å². The molecular formula is C20H30N2O2. The molecule has 0 atom stereocenters. The van der Waals surface area contributed by atoms with Crippen LogP contribution >= 0.6 is 0 Å². The van der Waals surface area contributed by atoms with Gasteiger partial charge in [-0.2, -0.15) is 0 Å². The largest absolute Gasteiger partial charge is 0.353 e. The number of amides is 2. The first-order valence-electron chi connectivity index (χ1n) is 8.90. The minimum atomic E-state index is -0.360. The van der Waals surface area contributed by atoms with Crippen LogP contribution in [0.2, 0.25) is 0 Å². The molecule has 0 radical (unpaired) electrons. The van der Waals surface area contributed by atoms with E-state index in [4.69, 9.17) is 0 Å². The molecule has 1 N–H and O–H groups in total. The number of piperidine rings is 1. The minimum Gasteiger partial charge on any atom is -0.353 e. The molecule has 1 aromatic carbocycles. The Morgan fingerprint density at radius 3 is 2.46 bits per heavy atom. The van der Waals surface area contributed by atoms with E-state index in [2.05, 4.69) is 30.4 Å². The predicted octanol–water partition coefficient (Wildman–Crippen LogP) is 3.08. The van der Waals surface area contributed by atoms with Gasteiger partial charge in [-0.15, -0.1) is 0 Å². The third kappa shape index (κ3) is 5.36. The average molecular weight is 330 g/mol. The van der Waals surface area contributed by atoms with Crippen LogP contribution in [0.5, 0.6) is 0 Å². The highest BCUT2D eigenvalue weighted by Gasteiger charge is 2.27. The van der Waals surface area contributed by atoms with Crippen molar-refractivity contribution in [3.8, 4) is 0 Å². The predicted molar refractivity (Wildman–Crippen MR) is 96.7 cm³/mol. The van der Waals surface area contributed by atoms with Crippen molar-refractivity contribution in [3.05, 3.63) is 35.4 Å². The summed E-state index contributed by atoms with van der Waals surface area (Å²) in [6.45, 7) is 9.32. The summed E-state index contributed by atoms with van der Waals surface area (Å²) in [7, 11) is 0. The molecule has 1 aliphatic heterocycles. The maximum Gasteiger partial charge on any atom is 0.225 e. The Morgan fingerprint density at radius 2 is 1.88 bits per heavy atom. The average Bonchev–Trinajstić information content (AvgIpc) is 2.52. The van der Waals surface area contributed by atoms with Gasteiger partial charge in [0.1, 0.15) is 0 Å². The molecule has 1 fully saturated rings. The highest BCUT2D eigenvalue weighted by atomic mass is 16.2. The van der Waals surface area contributed by atoms with Crippen LogP contribution in [0.25, 0.3) is 0 Å². The van der Waals surface area contributed by atoms with Gasteiger partial charge in [-0.1, -0.05) is 50.6 Å². The van der Waals surface area contributed by atoms with Gasteiger partial charge in [0, 0.05) is 31.0 Å². The lowest BCUT2D eigenvalue weighted by Crippen LogP contribution is -2.49. The molecule has 1 aliphatic rings. The number of carbonyl (C=O) groups excluding carboxylic acids is 2. The minimum absolute atomic E-state index is 0.0896. The topological polar surface area (TPSA) is 49.4 Å². The van der Waals surface area contributed by atoms with Gasteiger partial charge < -0.3 is 10.2 Å². The molecule has 24 heavy (non-hydrogen) atoms. The number of nitrogens with zero attached hydrogens (tertiary/aromatic N) is 1. The Hall–Kier alpha value is -1.84. The van der Waals surface area contributed by atoms with Gasteiger partial charge in [-0.25, -0.2) is 0 Å². The van der Waals surface area contributed by atoms with Crippen LogP contribution < -0.4 is 5.32 Å². The van der Waals surface area contributed by atoms with Crippen molar-refractivity contribution in [2.45, 2.75) is 59.4 Å². The number of nitrogens with one attached hydrogen (secondary N) is 1. The number of aryl methyl sites for hydroxylation is 2. The van der Waals surface area contributed by atoms with Gasteiger partial charge in [0.25, 0.3) is 0 Å². The maximum absolute atomic E-state index is 12.4. The lowest BCUT2D eigenvalue weighted by molar-refractivity contribution is -0.132. The lowest BCUT2D eigenvalue weighted by atomic mass is 9.94. The number of likely N-dealkylation sites (tertiary alicyclic amines) is 1. The molecule has 0 aromatic heterocycles. The summed E-state index contributed by atoms with van der Waals surface area (Å²) < 4.78 is 0. The van der Waals surface area contributed by atoms with Crippen molar-refractivity contribution in [1.82, 2.24) is 10.2 Å². The molecule has 4 nitrogen and oxygen atoms in total. The quantitative estimate of drug-likeness (QED) is 0.922. The third-order valence-corrected chi connectivity index (χ3v) is 4.57. The maximum atomic E-state index is 12.4. The van der Waals surface area contributed by atoms with Crippen molar-refractivity contribution in [2.24, 2.45) is 5.41 Å². The van der Waals surface area contributed by atoms with E-state index in [1.807, 2.05) is 31.7 Å². The zero-order valence-electron chi connectivity index (χ0n) is 15.4. The van der Waals surface area contributed by atoms with Crippen molar-refractivity contribution < 1.29 is 9.59 Å². The first-order chi connectivity index (χ1) is 11.3. The Balaban J connectivity index is 1.75. The van der Waals surface area contributed by atoms with Crippen LogP contribution in [0.3, 0.4) is 0 Å². The number of rotatable bonds is 4. The van der Waals surface area contributed by atoms with Crippen LogP contribution in [0.1, 0.15) is 51.2 Å². The summed E-state index contributed by atoms with van der Waals surface area (Å²) in [6, 6.07) is 8.52. The highest BCUT2D eigenvalue weighted by Crippen LogP contribution is 2.17. The molecule has 132 valence electrons. The Kier molecular flexibility index (Phi) is 6.03. The number of carbonyl (C=O) groups is 2. The van der Waals surface area contributed by atoms with E-state index in [-0.39, 0.29) is 23.3 Å². The van der Waals surface area contributed by atoms with Crippen molar-refractivity contribution in [1.29, 1.82) is 0 Å². The van der Waals surface area contributed by atoms with Crippen LogP contribution in [-0.4, -0.2) is 35.8 Å². The third-order valence-electron chi connectivity index (χ3n) is 4.57. The summed E-state index contributed by atoms with van der Waals surface area (Å²) in [5.41, 5.74) is 2.09. The molecular weight excluding hydrogens is 300 g/mol. The van der Waals surface area contributed by atoms with Gasteiger partial charge in [0.15, 0.2) is 0 Å². The zero-order chi connectivity index (χ0) is 17.7. The molecule has 2 rings (SSSR count). The summed E-state index contributed by atoms with van der Waals surface area (Å²) in [4.78, 5) is 26.4. The molecule has 1 heterocycles. The van der Waals surface area contributed by atoms with Crippen LogP contribution in [0.4, 0.5) is 0 Å². The standard InChI is InChI=1S/C20H30N2O2/c1-15-6-5-7-16(14-15)8-9-18(23)22-12-10-17(11-13-22)21-19(24)20(2,3)4/h5-7,14,17H,8-13H2,1-4H3,(H,21,24). The van der Waals surface area contributed by atoms with Gasteiger partial charge in [-0.05, 0) is 31.7 Å². The van der Waals surface area contributed by atoms with E-state index in [9.17, 15) is 9.59 Å². The molecule has 0 spiro atoms. The second-order valence-electron chi connectivity index (χ2n) is 7.87. The number of hydrogen-bond donors (Lipinski definition) is 1. The molecule has 0 aliphatic carbocycles. The van der Waals surface area contributed by atoms with Gasteiger partial charge in [0.05, 0.1) is 0 Å². The molecule has 0 unspecified atom stereocenters. The number of benzene rings is 1. The first-order valence-corrected chi connectivity index (χ1v) is 8.90. The highest BCUT2D eigenvalue weighted by molar-refractivity contribution is 5.81. The van der Waals surface area contributed by atoms with E-state index < -0.39 is 0 Å². The van der Waals surface area contributed by atoms with E-state index >= 15 is 0 Å². The normalized spacial score (nSPS) is 16.1. The van der Waals surface area contributed by atoms with Crippen molar-refractivity contribution in [3.63, 3.8) is 0 Å². The van der Waals surface area contributed by atoms with E-state index in [1.165, 1.54) is 11.1 Å². The molecule has 1 aromatic rings. The Bertz CT molecular complexity index is 582. The second-order valence-corrected chi connectivity index (χ2v) is 7.87. The van der Waals surface area contributed by atoms with E-state index in [0.29, 0.717) is 6.42 Å². The van der Waals surface area contributed by atoms with Crippen molar-refractivity contribution in [2.75, 3.05) is 13.1 Å². The van der Waals surface area contributed by atoms with Gasteiger partial charge in [-0.3, -0.25) is 9.59 Å². The Morgan fingerprint density at radius 1 is 1.21 bits per heavy atom. The fraction of sp³-hybridized carbons (Fsp3) is 0.600. The summed E-state index contributed by atoms with van der Waals surface area (Å²) in [5.74, 6) is 0.309. The smallest absolute Gasteiger partial charge is 0.225 e. The van der Waals surface area contributed by atoms with Crippen LogP contribution in [-0.2, 0) is 16.0 Å². The fourth-order valence-electron chi connectivity index (χ4n) is 2.95. The SMILES string of the molecule is Cc1cccc(CCC(=O)N2CCC(NC(=O)C(C)(C)C)CC2)c1. The molecule has 0 bridgehead atoms. The Labute approximate surface area is 145 Å². The van der Waals surface area contributed by atoms with Gasteiger partial charge >= 0.3 is 0 Å². The molecule has 4 heteroatoms. The summed E-state index contributed by atoms with van der Waals surface area (Å²) >= 11 is 0. The molecule has 1 saturated heterocycles. The summed E-state index contributed by atoms with van der Waals surface area (Å²) in [6.07, 6.45) is 3.04. The van der Waals surface area contributed by atoms with E-state index in [1.54, 1.807) is 0 Å². The van der Waals surface area contributed by atoms with Crippen LogP contribution in [0.15, 0.2) is 24.3 Å². The first kappa shape index (κ1) is 18.5. The zero-order valence-corrected chi connectivity index (χ0v) is 15.4. The number of hydrogen-bond acceptors (Lipinski definition) is 2. The fourth-order valence-corrected chi connectivity index (χ4v) is 2.95. The molecule has 2 amide bonds. The second kappa shape index (κ2) is 7.82. The van der Waals surface area contributed by atoms with Gasteiger partial charge in [0.2, 0.25) is 11.8 Å². The monoisotopic (exact) mass is 330 g/mol. The molecule has 0 saturated carbocycles. The lowest BCUT2D eigenvalue weighted by Gasteiger charge is -2.33. The summed E-state index contributed by atoms with van der Waals surface area (Å²) in [5, 5.41) is 3.11. The van der Waals surface area contributed by atoms with Crippen molar-refractivity contribution >= 4 is 11.8 Å².